The van der Waals surface area contributed by atoms with Crippen LogP contribution in [-0.4, -0.2) is 5.16 Å². The van der Waals surface area contributed by atoms with Crippen LogP contribution in [0.15, 0.2) is 28.8 Å². The molecule has 0 fully saturated rings. The second-order valence-corrected chi connectivity index (χ2v) is 4.09. The molecule has 3 N–H and O–H groups in total. The fourth-order valence-corrected chi connectivity index (χ4v) is 1.64. The van der Waals surface area contributed by atoms with Crippen molar-refractivity contribution in [3.05, 3.63) is 41.3 Å². The zero-order valence-corrected chi connectivity index (χ0v) is 10.1. The van der Waals surface area contributed by atoms with Gasteiger partial charge in [-0.15, -0.1) is 0 Å². The summed E-state index contributed by atoms with van der Waals surface area (Å²) in [5.41, 5.74) is 5.14. The minimum absolute atomic E-state index is 0.0395. The number of alkyl halides is 3. The van der Waals surface area contributed by atoms with E-state index in [1.165, 1.54) is 12.1 Å². The van der Waals surface area contributed by atoms with Crippen LogP contribution < -0.4 is 11.1 Å². The van der Waals surface area contributed by atoms with Gasteiger partial charge in [0.1, 0.15) is 11.5 Å². The molecule has 0 saturated heterocycles. The van der Waals surface area contributed by atoms with Crippen LogP contribution in [0.4, 0.5) is 24.5 Å². The number of halogens is 3. The Hall–Kier alpha value is -2.18. The van der Waals surface area contributed by atoms with Crippen molar-refractivity contribution in [1.29, 1.82) is 0 Å². The molecular formula is C12H12F3N3O. The summed E-state index contributed by atoms with van der Waals surface area (Å²) in [6.07, 6.45) is -4.46. The van der Waals surface area contributed by atoms with E-state index in [4.69, 9.17) is 10.3 Å². The first-order chi connectivity index (χ1) is 8.86. The van der Waals surface area contributed by atoms with E-state index in [1.54, 1.807) is 13.0 Å². The minimum Gasteiger partial charge on any atom is -0.399 e. The molecule has 0 aliphatic heterocycles. The first-order valence-corrected chi connectivity index (χ1v) is 5.49. The Labute approximate surface area is 107 Å². The van der Waals surface area contributed by atoms with E-state index in [1.807, 2.05) is 0 Å². The molecule has 19 heavy (non-hydrogen) atoms. The summed E-state index contributed by atoms with van der Waals surface area (Å²) in [5, 5.41) is 6.38. The lowest BCUT2D eigenvalue weighted by molar-refractivity contribution is -0.136. The Bertz CT molecular complexity index is 578. The molecule has 0 unspecified atom stereocenters. The molecule has 1 aromatic heterocycles. The second kappa shape index (κ2) is 4.83. The van der Waals surface area contributed by atoms with Gasteiger partial charge in [0.15, 0.2) is 0 Å². The molecule has 0 saturated carbocycles. The van der Waals surface area contributed by atoms with Crippen LogP contribution in [0.2, 0.25) is 0 Å². The van der Waals surface area contributed by atoms with E-state index in [9.17, 15) is 13.2 Å². The molecule has 7 heteroatoms. The van der Waals surface area contributed by atoms with E-state index < -0.39 is 11.7 Å². The van der Waals surface area contributed by atoms with Gasteiger partial charge in [-0.25, -0.2) is 0 Å². The molecule has 0 amide bonds. The standard InChI is InChI=1S/C12H12F3N3O/c1-7-4-9(18-19-7)6-17-11-3-2-8(16)5-10(11)12(13,14)15/h2-5,17H,6,16H2,1H3. The van der Waals surface area contributed by atoms with Crippen LogP contribution in [-0.2, 0) is 12.7 Å². The maximum Gasteiger partial charge on any atom is 0.418 e. The average molecular weight is 271 g/mol. The number of hydrogen-bond donors (Lipinski definition) is 2. The van der Waals surface area contributed by atoms with E-state index in [0.29, 0.717) is 11.5 Å². The Morgan fingerprint density at radius 1 is 1.32 bits per heavy atom. The molecule has 4 nitrogen and oxygen atoms in total. The van der Waals surface area contributed by atoms with Gasteiger partial charge in [-0.2, -0.15) is 13.2 Å². The normalized spacial score (nSPS) is 11.6. The molecule has 0 bridgehead atoms. The minimum atomic E-state index is -4.46. The third kappa shape index (κ3) is 3.18. The highest BCUT2D eigenvalue weighted by atomic mass is 19.4. The number of aryl methyl sites for hydroxylation is 1. The van der Waals surface area contributed by atoms with Crippen LogP contribution in [0.5, 0.6) is 0 Å². The highest BCUT2D eigenvalue weighted by Crippen LogP contribution is 2.36. The number of nitrogens with zero attached hydrogens (tertiary/aromatic N) is 1. The molecule has 0 aliphatic carbocycles. The Morgan fingerprint density at radius 2 is 2.05 bits per heavy atom. The lowest BCUT2D eigenvalue weighted by Gasteiger charge is -2.14. The largest absolute Gasteiger partial charge is 0.418 e. The zero-order chi connectivity index (χ0) is 14.0. The van der Waals surface area contributed by atoms with Gasteiger partial charge >= 0.3 is 6.18 Å². The highest BCUT2D eigenvalue weighted by Gasteiger charge is 2.33. The van der Waals surface area contributed by atoms with E-state index >= 15 is 0 Å². The van der Waals surface area contributed by atoms with Gasteiger partial charge in [-0.3, -0.25) is 0 Å². The van der Waals surface area contributed by atoms with Crippen molar-refractivity contribution in [2.24, 2.45) is 0 Å². The average Bonchev–Trinajstić information content (AvgIpc) is 2.72. The third-order valence-electron chi connectivity index (χ3n) is 2.49. The van der Waals surface area contributed by atoms with Crippen LogP contribution in [0.25, 0.3) is 0 Å². The number of benzene rings is 1. The van der Waals surface area contributed by atoms with Crippen LogP contribution in [0.1, 0.15) is 17.0 Å². The summed E-state index contributed by atoms with van der Waals surface area (Å²) < 4.78 is 43.3. The highest BCUT2D eigenvalue weighted by molar-refractivity contribution is 5.59. The molecule has 0 aliphatic rings. The SMILES string of the molecule is Cc1cc(CNc2ccc(N)cc2C(F)(F)F)no1. The fourth-order valence-electron chi connectivity index (χ4n) is 1.64. The number of rotatable bonds is 3. The summed E-state index contributed by atoms with van der Waals surface area (Å²) in [4.78, 5) is 0. The van der Waals surface area contributed by atoms with Gasteiger partial charge in [-0.05, 0) is 25.1 Å². The van der Waals surface area contributed by atoms with E-state index in [-0.39, 0.29) is 17.9 Å². The Kier molecular flexibility index (Phi) is 3.37. The lowest BCUT2D eigenvalue weighted by atomic mass is 10.1. The quantitative estimate of drug-likeness (QED) is 0.841. The van der Waals surface area contributed by atoms with Crippen LogP contribution >= 0.6 is 0 Å². The van der Waals surface area contributed by atoms with Crippen molar-refractivity contribution in [1.82, 2.24) is 5.16 Å². The molecule has 1 heterocycles. The number of anilines is 2. The summed E-state index contributed by atoms with van der Waals surface area (Å²) in [6.45, 7) is 1.85. The van der Waals surface area contributed by atoms with Crippen molar-refractivity contribution in [2.75, 3.05) is 11.1 Å². The van der Waals surface area contributed by atoms with Crippen molar-refractivity contribution < 1.29 is 17.7 Å². The molecule has 2 aromatic rings. The molecule has 0 radical (unpaired) electrons. The van der Waals surface area contributed by atoms with Gasteiger partial charge < -0.3 is 15.6 Å². The number of aromatic nitrogens is 1. The van der Waals surface area contributed by atoms with Crippen molar-refractivity contribution in [3.8, 4) is 0 Å². The number of nitrogens with one attached hydrogen (secondary N) is 1. The summed E-state index contributed by atoms with van der Waals surface area (Å²) in [6, 6.07) is 5.25. The fraction of sp³-hybridized carbons (Fsp3) is 0.250. The number of nitrogens with two attached hydrogens (primary N) is 1. The molecule has 1 aromatic carbocycles. The number of nitrogen functional groups attached to an aromatic ring is 1. The Morgan fingerprint density at radius 3 is 2.63 bits per heavy atom. The van der Waals surface area contributed by atoms with Crippen molar-refractivity contribution in [2.45, 2.75) is 19.6 Å². The first kappa shape index (κ1) is 13.3. The van der Waals surface area contributed by atoms with Crippen LogP contribution in [0.3, 0.4) is 0 Å². The van der Waals surface area contributed by atoms with E-state index in [0.717, 1.165) is 6.07 Å². The topological polar surface area (TPSA) is 64.1 Å². The number of hydrogen-bond acceptors (Lipinski definition) is 4. The summed E-state index contributed by atoms with van der Waals surface area (Å²) >= 11 is 0. The van der Waals surface area contributed by atoms with Gasteiger partial charge in [0.2, 0.25) is 0 Å². The smallest absolute Gasteiger partial charge is 0.399 e. The summed E-state index contributed by atoms with van der Waals surface area (Å²) in [7, 11) is 0. The third-order valence-corrected chi connectivity index (χ3v) is 2.49. The van der Waals surface area contributed by atoms with Gasteiger partial charge in [0.25, 0.3) is 0 Å². The van der Waals surface area contributed by atoms with Crippen molar-refractivity contribution >= 4 is 11.4 Å². The molecule has 0 atom stereocenters. The summed E-state index contributed by atoms with van der Waals surface area (Å²) in [5.74, 6) is 0.602. The monoisotopic (exact) mass is 271 g/mol. The van der Waals surface area contributed by atoms with Gasteiger partial charge in [0.05, 0.1) is 12.1 Å². The second-order valence-electron chi connectivity index (χ2n) is 4.09. The van der Waals surface area contributed by atoms with E-state index in [2.05, 4.69) is 10.5 Å². The molecular weight excluding hydrogens is 259 g/mol. The molecule has 0 spiro atoms. The Balaban J connectivity index is 2.20. The zero-order valence-electron chi connectivity index (χ0n) is 10.1. The first-order valence-electron chi connectivity index (χ1n) is 5.49. The van der Waals surface area contributed by atoms with Crippen LogP contribution in [0, 0.1) is 6.92 Å². The van der Waals surface area contributed by atoms with Gasteiger partial charge in [0, 0.05) is 17.4 Å². The predicted molar refractivity (Wildman–Crippen MR) is 64.4 cm³/mol. The molecule has 2 rings (SSSR count). The lowest BCUT2D eigenvalue weighted by Crippen LogP contribution is -2.11. The molecule has 102 valence electrons. The maximum absolute atomic E-state index is 12.8. The van der Waals surface area contributed by atoms with Gasteiger partial charge in [-0.1, -0.05) is 5.16 Å². The van der Waals surface area contributed by atoms with Crippen molar-refractivity contribution in [3.63, 3.8) is 0 Å². The maximum atomic E-state index is 12.8. The predicted octanol–water partition coefficient (Wildman–Crippen LogP) is 3.20.